The molecule has 1 N–H and O–H groups in total. The molecule has 0 unspecified atom stereocenters. The predicted molar refractivity (Wildman–Crippen MR) is 74.0 cm³/mol. The number of rotatable bonds is 2. The predicted octanol–water partition coefficient (Wildman–Crippen LogP) is 4.02. The lowest BCUT2D eigenvalue weighted by Crippen LogP contribution is -2.01. The minimum Gasteiger partial charge on any atom is -0.478 e. The van der Waals surface area contributed by atoms with Gasteiger partial charge in [-0.1, -0.05) is 12.1 Å². The van der Waals surface area contributed by atoms with Crippen molar-refractivity contribution < 1.29 is 23.1 Å². The van der Waals surface area contributed by atoms with Crippen LogP contribution in [0.15, 0.2) is 42.5 Å². The first-order valence-corrected chi connectivity index (χ1v) is 6.25. The lowest BCUT2D eigenvalue weighted by molar-refractivity contribution is 0.0699. The van der Waals surface area contributed by atoms with Crippen LogP contribution in [-0.2, 0) is 0 Å². The molecule has 0 fully saturated rings. The molecule has 0 aliphatic carbocycles. The summed E-state index contributed by atoms with van der Waals surface area (Å²) in [6, 6.07) is 8.20. The second-order valence-corrected chi connectivity index (χ2v) is 4.63. The fourth-order valence-corrected chi connectivity index (χ4v) is 2.19. The molecular weight excluding hydrogens is 295 g/mol. The first-order chi connectivity index (χ1) is 10.5. The largest absolute Gasteiger partial charge is 0.478 e. The van der Waals surface area contributed by atoms with Gasteiger partial charge in [0.1, 0.15) is 11.3 Å². The molecular formula is C16H8F3NO2. The van der Waals surface area contributed by atoms with Gasteiger partial charge in [-0.25, -0.2) is 22.9 Å². The lowest BCUT2D eigenvalue weighted by atomic mass is 10.0. The SMILES string of the molecule is O=C(O)c1cc(-c2ccc(F)c(F)c2)nc2c(F)cccc12. The molecule has 0 amide bonds. The highest BCUT2D eigenvalue weighted by Gasteiger charge is 2.16. The molecule has 0 saturated carbocycles. The van der Waals surface area contributed by atoms with Crippen LogP contribution in [0, 0.1) is 17.5 Å². The number of halogens is 3. The standard InChI is InChI=1S/C16H8F3NO2/c17-11-5-4-8(6-13(11)19)14-7-10(16(21)22)9-2-1-3-12(18)15(9)20-14/h1-7H,(H,21,22). The third kappa shape index (κ3) is 2.28. The first-order valence-electron chi connectivity index (χ1n) is 6.25. The Bertz CT molecular complexity index is 909. The van der Waals surface area contributed by atoms with Gasteiger partial charge in [-0.3, -0.25) is 0 Å². The molecule has 1 aromatic heterocycles. The third-order valence-electron chi connectivity index (χ3n) is 3.24. The van der Waals surface area contributed by atoms with Crippen LogP contribution in [0.3, 0.4) is 0 Å². The number of carboxylic acids is 1. The Morgan fingerprint density at radius 3 is 2.41 bits per heavy atom. The topological polar surface area (TPSA) is 50.2 Å². The zero-order chi connectivity index (χ0) is 15.9. The van der Waals surface area contributed by atoms with Crippen LogP contribution in [0.4, 0.5) is 13.2 Å². The summed E-state index contributed by atoms with van der Waals surface area (Å²) in [6.07, 6.45) is 0. The van der Waals surface area contributed by atoms with Crippen molar-refractivity contribution in [2.24, 2.45) is 0 Å². The Kier molecular flexibility index (Phi) is 3.29. The summed E-state index contributed by atoms with van der Waals surface area (Å²) in [5, 5.41) is 9.40. The molecule has 3 aromatic rings. The number of aromatic carboxylic acids is 1. The van der Waals surface area contributed by atoms with Gasteiger partial charge < -0.3 is 5.11 Å². The molecule has 0 aliphatic rings. The molecule has 0 saturated heterocycles. The van der Waals surface area contributed by atoms with E-state index in [4.69, 9.17) is 0 Å². The number of para-hydroxylation sites is 1. The lowest BCUT2D eigenvalue weighted by Gasteiger charge is -2.08. The minimum absolute atomic E-state index is 0.0499. The summed E-state index contributed by atoms with van der Waals surface area (Å²) in [7, 11) is 0. The van der Waals surface area contributed by atoms with Crippen LogP contribution in [0.1, 0.15) is 10.4 Å². The number of fused-ring (bicyclic) bond motifs is 1. The van der Waals surface area contributed by atoms with Gasteiger partial charge in [0.2, 0.25) is 0 Å². The van der Waals surface area contributed by atoms with Crippen molar-refractivity contribution in [1.82, 2.24) is 4.98 Å². The maximum atomic E-state index is 13.9. The van der Waals surface area contributed by atoms with Gasteiger partial charge in [0.05, 0.1) is 11.3 Å². The Labute approximate surface area is 122 Å². The molecule has 1 heterocycles. The fourth-order valence-electron chi connectivity index (χ4n) is 2.19. The molecule has 6 heteroatoms. The van der Waals surface area contributed by atoms with Crippen LogP contribution < -0.4 is 0 Å². The second kappa shape index (κ2) is 5.14. The smallest absolute Gasteiger partial charge is 0.336 e. The van der Waals surface area contributed by atoms with E-state index >= 15 is 0 Å². The summed E-state index contributed by atoms with van der Waals surface area (Å²) >= 11 is 0. The van der Waals surface area contributed by atoms with Gasteiger partial charge >= 0.3 is 5.97 Å². The van der Waals surface area contributed by atoms with E-state index in [0.29, 0.717) is 0 Å². The van der Waals surface area contributed by atoms with Crippen molar-refractivity contribution in [3.8, 4) is 11.3 Å². The summed E-state index contributed by atoms with van der Waals surface area (Å²) in [6.45, 7) is 0. The third-order valence-corrected chi connectivity index (χ3v) is 3.24. The maximum Gasteiger partial charge on any atom is 0.336 e. The van der Waals surface area contributed by atoms with Gasteiger partial charge in [0.15, 0.2) is 11.6 Å². The number of hydrogen-bond acceptors (Lipinski definition) is 2. The number of carbonyl (C=O) groups is 1. The monoisotopic (exact) mass is 303 g/mol. The number of pyridine rings is 1. The van der Waals surface area contributed by atoms with Gasteiger partial charge in [-0.05, 0) is 30.3 Å². The average molecular weight is 303 g/mol. The summed E-state index contributed by atoms with van der Waals surface area (Å²) in [4.78, 5) is 15.4. The molecule has 0 atom stereocenters. The zero-order valence-electron chi connectivity index (χ0n) is 11.0. The molecule has 0 radical (unpaired) electrons. The summed E-state index contributed by atoms with van der Waals surface area (Å²) < 4.78 is 40.2. The van der Waals surface area contributed by atoms with Crippen molar-refractivity contribution in [3.63, 3.8) is 0 Å². The van der Waals surface area contributed by atoms with Crippen LogP contribution in [0.25, 0.3) is 22.2 Å². The van der Waals surface area contributed by atoms with Crippen LogP contribution in [-0.4, -0.2) is 16.1 Å². The van der Waals surface area contributed by atoms with Crippen LogP contribution >= 0.6 is 0 Å². The minimum atomic E-state index is -1.26. The quantitative estimate of drug-likeness (QED) is 0.778. The highest BCUT2D eigenvalue weighted by Crippen LogP contribution is 2.27. The van der Waals surface area contributed by atoms with E-state index < -0.39 is 23.4 Å². The van der Waals surface area contributed by atoms with Gasteiger partial charge in [-0.2, -0.15) is 0 Å². The molecule has 0 bridgehead atoms. The Hall–Kier alpha value is -2.89. The van der Waals surface area contributed by atoms with E-state index in [1.165, 1.54) is 24.3 Å². The van der Waals surface area contributed by atoms with E-state index in [1.807, 2.05) is 0 Å². The van der Waals surface area contributed by atoms with Crippen LogP contribution in [0.2, 0.25) is 0 Å². The van der Waals surface area contributed by atoms with Crippen molar-refractivity contribution in [2.45, 2.75) is 0 Å². The summed E-state index contributed by atoms with van der Waals surface area (Å²) in [5.74, 6) is -4.08. The average Bonchev–Trinajstić information content (AvgIpc) is 2.49. The molecule has 0 aliphatic heterocycles. The molecule has 22 heavy (non-hydrogen) atoms. The van der Waals surface area contributed by atoms with Gasteiger partial charge in [-0.15, -0.1) is 0 Å². The van der Waals surface area contributed by atoms with Crippen molar-refractivity contribution in [3.05, 3.63) is 65.5 Å². The molecule has 0 spiro atoms. The Morgan fingerprint density at radius 2 is 1.73 bits per heavy atom. The van der Waals surface area contributed by atoms with Crippen LogP contribution in [0.5, 0.6) is 0 Å². The highest BCUT2D eigenvalue weighted by molar-refractivity contribution is 6.03. The summed E-state index contributed by atoms with van der Waals surface area (Å²) in [5.41, 5.74) is -0.0909. The maximum absolute atomic E-state index is 13.9. The fraction of sp³-hybridized carbons (Fsp3) is 0. The number of nitrogens with zero attached hydrogens (tertiary/aromatic N) is 1. The van der Waals surface area contributed by atoms with E-state index in [-0.39, 0.29) is 27.7 Å². The van der Waals surface area contributed by atoms with Crippen molar-refractivity contribution >= 4 is 16.9 Å². The number of aromatic nitrogens is 1. The van der Waals surface area contributed by atoms with E-state index in [1.54, 1.807) is 0 Å². The van der Waals surface area contributed by atoms with Gasteiger partial charge in [0.25, 0.3) is 0 Å². The van der Waals surface area contributed by atoms with E-state index in [0.717, 1.165) is 18.2 Å². The molecule has 110 valence electrons. The highest BCUT2D eigenvalue weighted by atomic mass is 19.2. The number of carboxylic acid groups (broad SMARTS) is 1. The zero-order valence-corrected chi connectivity index (χ0v) is 11.0. The molecule has 3 nitrogen and oxygen atoms in total. The number of hydrogen-bond donors (Lipinski definition) is 1. The second-order valence-electron chi connectivity index (χ2n) is 4.63. The van der Waals surface area contributed by atoms with Gasteiger partial charge in [0, 0.05) is 10.9 Å². The number of benzene rings is 2. The van der Waals surface area contributed by atoms with Crippen molar-refractivity contribution in [1.29, 1.82) is 0 Å². The Morgan fingerprint density at radius 1 is 0.955 bits per heavy atom. The molecule has 2 aromatic carbocycles. The first kappa shape index (κ1) is 14.1. The normalized spacial score (nSPS) is 10.9. The van der Waals surface area contributed by atoms with Crippen molar-refractivity contribution in [2.75, 3.05) is 0 Å². The Balaban J connectivity index is 2.33. The van der Waals surface area contributed by atoms with E-state index in [2.05, 4.69) is 4.98 Å². The molecule has 3 rings (SSSR count). The van der Waals surface area contributed by atoms with E-state index in [9.17, 15) is 23.1 Å².